The summed E-state index contributed by atoms with van der Waals surface area (Å²) in [5.74, 6) is 0.778. The van der Waals surface area contributed by atoms with Gasteiger partial charge in [-0.1, -0.05) is 24.6 Å². The second-order valence-electron chi connectivity index (χ2n) is 4.43. The van der Waals surface area contributed by atoms with Crippen LogP contribution in [0.5, 0.6) is 5.75 Å². The van der Waals surface area contributed by atoms with Gasteiger partial charge in [0.1, 0.15) is 5.75 Å². The average Bonchev–Trinajstić information content (AvgIpc) is 2.29. The van der Waals surface area contributed by atoms with E-state index in [4.69, 9.17) is 16.3 Å². The molecule has 0 fully saturated rings. The highest BCUT2D eigenvalue weighted by Crippen LogP contribution is 2.25. The predicted molar refractivity (Wildman–Crippen MR) is 74.1 cm³/mol. The van der Waals surface area contributed by atoms with Gasteiger partial charge < -0.3 is 10.1 Å². The lowest BCUT2D eigenvalue weighted by atomic mass is 10.2. The van der Waals surface area contributed by atoms with Crippen LogP contribution in [0.1, 0.15) is 32.3 Å². The number of hydrogen-bond acceptors (Lipinski definition) is 2. The van der Waals surface area contributed by atoms with E-state index in [-0.39, 0.29) is 0 Å². The summed E-state index contributed by atoms with van der Waals surface area (Å²) in [7, 11) is 0. The first-order valence-corrected chi connectivity index (χ1v) is 6.63. The lowest BCUT2D eigenvalue weighted by molar-refractivity contribution is 0.290. The van der Waals surface area contributed by atoms with Gasteiger partial charge in [0, 0.05) is 6.04 Å². The van der Waals surface area contributed by atoms with Gasteiger partial charge >= 0.3 is 0 Å². The lowest BCUT2D eigenvalue weighted by Crippen LogP contribution is -2.28. The zero-order chi connectivity index (χ0) is 12.7. The minimum atomic E-state index is 0.485. The number of rotatable bonds is 7. The Bertz CT molecular complexity index is 341. The van der Waals surface area contributed by atoms with E-state index in [9.17, 15) is 0 Å². The molecule has 0 spiro atoms. The molecule has 17 heavy (non-hydrogen) atoms. The zero-order valence-corrected chi connectivity index (χ0v) is 11.7. The fourth-order valence-corrected chi connectivity index (χ4v) is 1.85. The molecule has 1 aromatic rings. The van der Waals surface area contributed by atoms with Gasteiger partial charge in [0.25, 0.3) is 0 Å². The van der Waals surface area contributed by atoms with Crippen molar-refractivity contribution in [3.8, 4) is 5.75 Å². The Labute approximate surface area is 109 Å². The number of nitrogens with one attached hydrogen (secondary N) is 1. The molecule has 0 amide bonds. The van der Waals surface area contributed by atoms with E-state index in [0.29, 0.717) is 17.7 Å². The monoisotopic (exact) mass is 255 g/mol. The first-order valence-electron chi connectivity index (χ1n) is 6.25. The quantitative estimate of drug-likeness (QED) is 0.800. The molecule has 0 saturated heterocycles. The second kappa shape index (κ2) is 7.57. The van der Waals surface area contributed by atoms with Crippen molar-refractivity contribution < 1.29 is 4.74 Å². The van der Waals surface area contributed by atoms with Crippen LogP contribution < -0.4 is 10.1 Å². The molecule has 3 heteroatoms. The normalized spacial score (nSPS) is 12.5. The summed E-state index contributed by atoms with van der Waals surface area (Å²) >= 11 is 6.09. The van der Waals surface area contributed by atoms with Gasteiger partial charge in [-0.3, -0.25) is 0 Å². The van der Waals surface area contributed by atoms with Crippen molar-refractivity contribution in [2.75, 3.05) is 13.2 Å². The summed E-state index contributed by atoms with van der Waals surface area (Å²) in [4.78, 5) is 0. The first-order chi connectivity index (χ1) is 8.13. The summed E-state index contributed by atoms with van der Waals surface area (Å²) in [5.41, 5.74) is 1.15. The Morgan fingerprint density at radius 1 is 1.41 bits per heavy atom. The minimum absolute atomic E-state index is 0.485. The van der Waals surface area contributed by atoms with Gasteiger partial charge in [0.2, 0.25) is 0 Å². The van der Waals surface area contributed by atoms with Crippen molar-refractivity contribution in [1.29, 1.82) is 0 Å². The Morgan fingerprint density at radius 3 is 2.82 bits per heavy atom. The third-order valence-electron chi connectivity index (χ3n) is 2.64. The third-order valence-corrected chi connectivity index (χ3v) is 2.93. The molecular weight excluding hydrogens is 234 g/mol. The van der Waals surface area contributed by atoms with Crippen LogP contribution in [-0.4, -0.2) is 19.2 Å². The molecule has 96 valence electrons. The number of hydrogen-bond donors (Lipinski definition) is 1. The van der Waals surface area contributed by atoms with Crippen LogP contribution in [0.2, 0.25) is 5.02 Å². The topological polar surface area (TPSA) is 21.3 Å². The molecule has 0 heterocycles. The molecule has 1 rings (SSSR count). The molecule has 0 aliphatic carbocycles. The number of ether oxygens (including phenoxy) is 1. The fraction of sp³-hybridized carbons (Fsp3) is 0.571. The molecule has 0 saturated carbocycles. The molecule has 1 atom stereocenters. The van der Waals surface area contributed by atoms with Crippen molar-refractivity contribution in [1.82, 2.24) is 5.32 Å². The van der Waals surface area contributed by atoms with E-state index in [0.717, 1.165) is 30.7 Å². The van der Waals surface area contributed by atoms with Crippen molar-refractivity contribution in [2.24, 2.45) is 0 Å². The van der Waals surface area contributed by atoms with E-state index in [2.05, 4.69) is 19.2 Å². The predicted octanol–water partition coefficient (Wildman–Crippen LogP) is 3.81. The van der Waals surface area contributed by atoms with Crippen molar-refractivity contribution in [3.63, 3.8) is 0 Å². The van der Waals surface area contributed by atoms with Crippen molar-refractivity contribution in [2.45, 2.75) is 39.7 Å². The van der Waals surface area contributed by atoms with Crippen LogP contribution >= 0.6 is 11.6 Å². The smallest absolute Gasteiger partial charge is 0.137 e. The SMILES string of the molecule is CCCNC(C)CCOc1ccc(C)cc1Cl. The van der Waals surface area contributed by atoms with Crippen LogP contribution in [-0.2, 0) is 0 Å². The summed E-state index contributed by atoms with van der Waals surface area (Å²) in [6.45, 7) is 8.12. The fourth-order valence-electron chi connectivity index (χ4n) is 1.56. The van der Waals surface area contributed by atoms with Gasteiger partial charge in [-0.05, 0) is 50.9 Å². The lowest BCUT2D eigenvalue weighted by Gasteiger charge is -2.14. The Kier molecular flexibility index (Phi) is 6.38. The maximum Gasteiger partial charge on any atom is 0.137 e. The minimum Gasteiger partial charge on any atom is -0.492 e. The molecule has 0 radical (unpaired) electrons. The largest absolute Gasteiger partial charge is 0.492 e. The Morgan fingerprint density at radius 2 is 2.18 bits per heavy atom. The zero-order valence-electron chi connectivity index (χ0n) is 10.9. The Hall–Kier alpha value is -0.730. The van der Waals surface area contributed by atoms with Crippen molar-refractivity contribution >= 4 is 11.6 Å². The number of halogens is 1. The summed E-state index contributed by atoms with van der Waals surface area (Å²) in [6, 6.07) is 6.36. The molecule has 0 aliphatic heterocycles. The molecule has 2 nitrogen and oxygen atoms in total. The molecule has 1 aromatic carbocycles. The molecule has 1 unspecified atom stereocenters. The highest BCUT2D eigenvalue weighted by Gasteiger charge is 2.04. The standard InChI is InChI=1S/C14H22ClNO/c1-4-8-16-12(3)7-9-17-14-6-5-11(2)10-13(14)15/h5-6,10,12,16H,4,7-9H2,1-3H3. The van der Waals surface area contributed by atoms with Gasteiger partial charge in [0.15, 0.2) is 0 Å². The highest BCUT2D eigenvalue weighted by atomic mass is 35.5. The number of benzene rings is 1. The van der Waals surface area contributed by atoms with Crippen molar-refractivity contribution in [3.05, 3.63) is 28.8 Å². The summed E-state index contributed by atoms with van der Waals surface area (Å²) in [6.07, 6.45) is 2.15. The van der Waals surface area contributed by atoms with Gasteiger partial charge in [-0.2, -0.15) is 0 Å². The van der Waals surface area contributed by atoms with Crippen LogP contribution in [0.25, 0.3) is 0 Å². The highest BCUT2D eigenvalue weighted by molar-refractivity contribution is 6.32. The summed E-state index contributed by atoms with van der Waals surface area (Å²) < 4.78 is 5.67. The van der Waals surface area contributed by atoms with Crippen LogP contribution in [0.4, 0.5) is 0 Å². The van der Waals surface area contributed by atoms with Gasteiger partial charge in [-0.15, -0.1) is 0 Å². The average molecular weight is 256 g/mol. The van der Waals surface area contributed by atoms with E-state index in [1.54, 1.807) is 0 Å². The second-order valence-corrected chi connectivity index (χ2v) is 4.83. The molecule has 0 bridgehead atoms. The molecular formula is C14H22ClNO. The Balaban J connectivity index is 2.30. The first kappa shape index (κ1) is 14.3. The molecule has 0 aliphatic rings. The van der Waals surface area contributed by atoms with Crippen LogP contribution in [0.15, 0.2) is 18.2 Å². The van der Waals surface area contributed by atoms with E-state index < -0.39 is 0 Å². The molecule has 1 N–H and O–H groups in total. The third kappa shape index (κ3) is 5.42. The van der Waals surface area contributed by atoms with Gasteiger partial charge in [0.05, 0.1) is 11.6 Å². The van der Waals surface area contributed by atoms with Gasteiger partial charge in [-0.25, -0.2) is 0 Å². The van der Waals surface area contributed by atoms with E-state index >= 15 is 0 Å². The maximum atomic E-state index is 6.09. The van der Waals surface area contributed by atoms with E-state index in [1.165, 1.54) is 0 Å². The molecule has 0 aromatic heterocycles. The van der Waals surface area contributed by atoms with Crippen LogP contribution in [0.3, 0.4) is 0 Å². The number of aryl methyl sites for hydroxylation is 1. The maximum absolute atomic E-state index is 6.09. The summed E-state index contributed by atoms with van der Waals surface area (Å²) in [5, 5.41) is 4.12. The van der Waals surface area contributed by atoms with Crippen LogP contribution in [0, 0.1) is 6.92 Å². The van der Waals surface area contributed by atoms with E-state index in [1.807, 2.05) is 25.1 Å².